The molecule has 1 aliphatic rings. The molecule has 2 nitrogen and oxygen atoms in total. The Morgan fingerprint density at radius 1 is 1.42 bits per heavy atom. The number of hydrogen-bond acceptors (Lipinski definition) is 1. The molecule has 1 unspecified atom stereocenters. The van der Waals surface area contributed by atoms with Crippen LogP contribution < -0.4 is 0 Å². The quantitative estimate of drug-likeness (QED) is 0.757. The number of carbonyl (C=O) groups excluding carboxylic acids is 1. The summed E-state index contributed by atoms with van der Waals surface area (Å²) in [4.78, 5) is 13.9. The molecular formula is C14H16Cl2FNO. The van der Waals surface area contributed by atoms with Crippen LogP contribution in [0.1, 0.15) is 30.1 Å². The first-order valence-corrected chi connectivity index (χ1v) is 7.19. The molecule has 0 aromatic heterocycles. The second-order valence-corrected chi connectivity index (χ2v) is 6.00. The van der Waals surface area contributed by atoms with Gasteiger partial charge in [-0.15, -0.1) is 11.6 Å². The molecule has 0 spiro atoms. The molecule has 0 radical (unpaired) electrons. The Bertz CT molecular complexity index is 471. The molecular weight excluding hydrogens is 288 g/mol. The summed E-state index contributed by atoms with van der Waals surface area (Å²) in [7, 11) is 0. The van der Waals surface area contributed by atoms with Gasteiger partial charge in [-0.2, -0.15) is 0 Å². The van der Waals surface area contributed by atoms with Crippen molar-refractivity contribution < 1.29 is 9.18 Å². The van der Waals surface area contributed by atoms with E-state index in [1.54, 1.807) is 11.0 Å². The summed E-state index contributed by atoms with van der Waals surface area (Å²) in [5.41, 5.74) is 0.0462. The maximum atomic E-state index is 13.8. The number of alkyl halides is 1. The molecule has 1 amide bonds. The molecule has 2 rings (SSSR count). The third kappa shape index (κ3) is 3.21. The highest BCUT2D eigenvalue weighted by Gasteiger charge is 2.27. The highest BCUT2D eigenvalue weighted by atomic mass is 35.5. The second-order valence-electron chi connectivity index (χ2n) is 4.91. The number of carbonyl (C=O) groups is 1. The summed E-state index contributed by atoms with van der Waals surface area (Å²) in [6.45, 7) is 3.21. The Hall–Kier alpha value is -0.800. The van der Waals surface area contributed by atoms with E-state index in [1.165, 1.54) is 12.1 Å². The largest absolute Gasteiger partial charge is 0.339 e. The monoisotopic (exact) mass is 303 g/mol. The molecule has 0 saturated carbocycles. The maximum absolute atomic E-state index is 13.8. The smallest absolute Gasteiger partial charge is 0.256 e. The van der Waals surface area contributed by atoms with Crippen LogP contribution >= 0.6 is 23.2 Å². The average molecular weight is 304 g/mol. The molecule has 1 heterocycles. The van der Waals surface area contributed by atoms with Crippen LogP contribution in [0.5, 0.6) is 0 Å². The van der Waals surface area contributed by atoms with E-state index in [9.17, 15) is 9.18 Å². The van der Waals surface area contributed by atoms with Crippen molar-refractivity contribution in [1.29, 1.82) is 0 Å². The summed E-state index contributed by atoms with van der Waals surface area (Å²) in [6.07, 6.45) is 1.72. The molecule has 1 fully saturated rings. The van der Waals surface area contributed by atoms with Crippen molar-refractivity contribution in [3.05, 3.63) is 34.6 Å². The molecule has 19 heavy (non-hydrogen) atoms. The lowest BCUT2D eigenvalue weighted by atomic mass is 9.93. The molecule has 104 valence electrons. The van der Waals surface area contributed by atoms with Crippen molar-refractivity contribution in [3.8, 4) is 0 Å². The van der Waals surface area contributed by atoms with Crippen LogP contribution in [0.25, 0.3) is 0 Å². The second kappa shape index (κ2) is 6.10. The predicted octanol–water partition coefficient (Wildman–Crippen LogP) is 3.96. The van der Waals surface area contributed by atoms with Gasteiger partial charge in [-0.3, -0.25) is 4.79 Å². The fraction of sp³-hybridized carbons (Fsp3) is 0.500. The van der Waals surface area contributed by atoms with Crippen LogP contribution in [-0.4, -0.2) is 29.3 Å². The molecule has 1 aliphatic heterocycles. The van der Waals surface area contributed by atoms with Crippen molar-refractivity contribution in [2.24, 2.45) is 5.92 Å². The lowest BCUT2D eigenvalue weighted by Crippen LogP contribution is -2.40. The van der Waals surface area contributed by atoms with E-state index in [-0.39, 0.29) is 21.9 Å². The van der Waals surface area contributed by atoms with Gasteiger partial charge in [0.2, 0.25) is 0 Å². The van der Waals surface area contributed by atoms with E-state index < -0.39 is 5.82 Å². The summed E-state index contributed by atoms with van der Waals surface area (Å²) >= 11 is 11.8. The van der Waals surface area contributed by atoms with Gasteiger partial charge in [0.05, 0.1) is 10.6 Å². The summed E-state index contributed by atoms with van der Waals surface area (Å²) < 4.78 is 13.8. The van der Waals surface area contributed by atoms with Gasteiger partial charge in [0.15, 0.2) is 5.82 Å². The minimum atomic E-state index is -0.637. The zero-order chi connectivity index (χ0) is 14.0. The van der Waals surface area contributed by atoms with E-state index in [1.807, 2.05) is 6.92 Å². The van der Waals surface area contributed by atoms with Crippen LogP contribution in [-0.2, 0) is 0 Å². The van der Waals surface area contributed by atoms with Gasteiger partial charge in [0, 0.05) is 18.5 Å². The third-order valence-corrected chi connectivity index (χ3v) is 4.31. The molecule has 0 N–H and O–H groups in total. The Kier molecular flexibility index (Phi) is 4.69. The lowest BCUT2D eigenvalue weighted by Gasteiger charge is -2.33. The minimum absolute atomic E-state index is 0.0184. The molecule has 1 aromatic carbocycles. The zero-order valence-corrected chi connectivity index (χ0v) is 12.2. The van der Waals surface area contributed by atoms with Crippen LogP contribution in [0.3, 0.4) is 0 Å². The average Bonchev–Trinajstić information content (AvgIpc) is 2.41. The molecule has 0 aliphatic carbocycles. The summed E-state index contributed by atoms with van der Waals surface area (Å²) in [6, 6.07) is 4.50. The maximum Gasteiger partial charge on any atom is 0.256 e. The fourth-order valence-electron chi connectivity index (χ4n) is 2.40. The summed E-state index contributed by atoms with van der Waals surface area (Å²) in [5.74, 6) is -0.502. The molecule has 1 aromatic rings. The van der Waals surface area contributed by atoms with E-state index in [2.05, 4.69) is 0 Å². The van der Waals surface area contributed by atoms with E-state index >= 15 is 0 Å². The molecule has 1 saturated heterocycles. The van der Waals surface area contributed by atoms with Crippen LogP contribution in [0.4, 0.5) is 4.39 Å². The van der Waals surface area contributed by atoms with Crippen molar-refractivity contribution >= 4 is 29.1 Å². The molecule has 1 atom stereocenters. The van der Waals surface area contributed by atoms with Crippen LogP contribution in [0.2, 0.25) is 5.02 Å². The number of hydrogen-bond donors (Lipinski definition) is 0. The Morgan fingerprint density at radius 2 is 2.05 bits per heavy atom. The fourth-order valence-corrected chi connectivity index (χ4v) is 2.83. The van der Waals surface area contributed by atoms with Gasteiger partial charge in [0.1, 0.15) is 0 Å². The topological polar surface area (TPSA) is 20.3 Å². The predicted molar refractivity (Wildman–Crippen MR) is 75.4 cm³/mol. The number of amides is 1. The lowest BCUT2D eigenvalue weighted by molar-refractivity contribution is 0.0685. The first-order valence-electron chi connectivity index (χ1n) is 6.38. The van der Waals surface area contributed by atoms with Crippen LogP contribution in [0, 0.1) is 11.7 Å². The normalized spacial score (nSPS) is 18.4. The number of halogens is 3. The van der Waals surface area contributed by atoms with Gasteiger partial charge in [-0.1, -0.05) is 17.7 Å². The minimum Gasteiger partial charge on any atom is -0.339 e. The number of piperidine rings is 1. The van der Waals surface area contributed by atoms with E-state index in [0.717, 1.165) is 12.8 Å². The SMILES string of the molecule is CC(Cl)C1CCN(C(=O)c2cccc(Cl)c2F)CC1. The Labute approximate surface area is 122 Å². The van der Waals surface area contributed by atoms with Gasteiger partial charge < -0.3 is 4.90 Å². The standard InChI is InChI=1S/C14H16Cl2FNO/c1-9(15)10-5-7-18(8-6-10)14(19)11-3-2-4-12(16)13(11)17/h2-4,9-10H,5-8H2,1H3. The third-order valence-electron chi connectivity index (χ3n) is 3.66. The van der Waals surface area contributed by atoms with E-state index in [0.29, 0.717) is 19.0 Å². The first-order chi connectivity index (χ1) is 9.00. The van der Waals surface area contributed by atoms with Crippen molar-refractivity contribution in [2.45, 2.75) is 25.1 Å². The molecule has 5 heteroatoms. The van der Waals surface area contributed by atoms with Crippen molar-refractivity contribution in [3.63, 3.8) is 0 Å². The number of rotatable bonds is 2. The van der Waals surface area contributed by atoms with Gasteiger partial charge >= 0.3 is 0 Å². The number of nitrogens with zero attached hydrogens (tertiary/aromatic N) is 1. The van der Waals surface area contributed by atoms with E-state index in [4.69, 9.17) is 23.2 Å². The highest BCUT2D eigenvalue weighted by molar-refractivity contribution is 6.31. The van der Waals surface area contributed by atoms with Gasteiger partial charge in [0.25, 0.3) is 5.91 Å². The van der Waals surface area contributed by atoms with Crippen LogP contribution in [0.15, 0.2) is 18.2 Å². The Morgan fingerprint density at radius 3 is 2.63 bits per heavy atom. The van der Waals surface area contributed by atoms with Gasteiger partial charge in [-0.05, 0) is 37.8 Å². The number of likely N-dealkylation sites (tertiary alicyclic amines) is 1. The molecule has 0 bridgehead atoms. The number of benzene rings is 1. The zero-order valence-electron chi connectivity index (χ0n) is 10.7. The first kappa shape index (κ1) is 14.6. The highest BCUT2D eigenvalue weighted by Crippen LogP contribution is 2.26. The summed E-state index contributed by atoms with van der Waals surface area (Å²) in [5, 5.41) is 0.0928. The van der Waals surface area contributed by atoms with Crippen molar-refractivity contribution in [1.82, 2.24) is 4.90 Å². The van der Waals surface area contributed by atoms with Gasteiger partial charge in [-0.25, -0.2) is 4.39 Å². The van der Waals surface area contributed by atoms with Crippen molar-refractivity contribution in [2.75, 3.05) is 13.1 Å². The Balaban J connectivity index is 2.07.